The molecular weight excluding hydrogens is 281 g/mol. The van der Waals surface area contributed by atoms with Gasteiger partial charge in [0, 0.05) is 26.0 Å². The summed E-state index contributed by atoms with van der Waals surface area (Å²) in [7, 11) is 0. The SMILES string of the molecule is CCCNC(=O)CN(CC(=O)O)CC(=O)O.[Zn]. The molecule has 0 heterocycles. The molecule has 94 valence electrons. The summed E-state index contributed by atoms with van der Waals surface area (Å²) in [6.45, 7) is 1.22. The van der Waals surface area contributed by atoms with E-state index in [1.807, 2.05) is 6.92 Å². The molecule has 0 aromatic heterocycles. The van der Waals surface area contributed by atoms with Crippen LogP contribution in [-0.4, -0.2) is 59.1 Å². The van der Waals surface area contributed by atoms with Crippen LogP contribution < -0.4 is 5.32 Å². The van der Waals surface area contributed by atoms with Crippen molar-refractivity contribution in [3.8, 4) is 0 Å². The van der Waals surface area contributed by atoms with Gasteiger partial charge in [-0.05, 0) is 6.42 Å². The van der Waals surface area contributed by atoms with Crippen molar-refractivity contribution >= 4 is 17.8 Å². The summed E-state index contributed by atoms with van der Waals surface area (Å²) in [6, 6.07) is 0. The molecule has 0 rings (SSSR count). The van der Waals surface area contributed by atoms with Gasteiger partial charge in [-0.15, -0.1) is 0 Å². The maximum absolute atomic E-state index is 11.2. The molecule has 0 aromatic carbocycles. The van der Waals surface area contributed by atoms with Crippen molar-refractivity contribution in [1.29, 1.82) is 0 Å². The summed E-state index contributed by atoms with van der Waals surface area (Å²) in [5, 5.41) is 19.6. The minimum absolute atomic E-state index is 0. The van der Waals surface area contributed by atoms with E-state index in [-0.39, 0.29) is 31.9 Å². The normalized spacial score (nSPS) is 9.53. The van der Waals surface area contributed by atoms with Crippen molar-refractivity contribution in [2.45, 2.75) is 13.3 Å². The number of aliphatic carboxylic acids is 2. The molecule has 0 aliphatic carbocycles. The summed E-state index contributed by atoms with van der Waals surface area (Å²) in [4.78, 5) is 33.1. The first-order valence-electron chi connectivity index (χ1n) is 4.88. The Kier molecular flexibility index (Phi) is 11.0. The zero-order valence-corrected chi connectivity index (χ0v) is 12.8. The van der Waals surface area contributed by atoms with E-state index < -0.39 is 25.0 Å². The van der Waals surface area contributed by atoms with Gasteiger partial charge in [0.15, 0.2) is 0 Å². The zero-order chi connectivity index (χ0) is 12.6. The number of carboxylic acid groups (broad SMARTS) is 2. The van der Waals surface area contributed by atoms with E-state index >= 15 is 0 Å². The second kappa shape index (κ2) is 10.2. The fourth-order valence-corrected chi connectivity index (χ4v) is 1.07. The van der Waals surface area contributed by atoms with E-state index in [1.54, 1.807) is 0 Å². The first-order chi connectivity index (χ1) is 7.45. The first kappa shape index (κ1) is 18.4. The van der Waals surface area contributed by atoms with Crippen molar-refractivity contribution in [1.82, 2.24) is 10.2 Å². The van der Waals surface area contributed by atoms with Crippen molar-refractivity contribution in [2.24, 2.45) is 0 Å². The van der Waals surface area contributed by atoms with Gasteiger partial charge in [0.25, 0.3) is 0 Å². The molecule has 0 saturated carbocycles. The summed E-state index contributed by atoms with van der Waals surface area (Å²) < 4.78 is 0. The standard InChI is InChI=1S/C9H16N2O5.Zn/c1-2-3-10-7(12)4-11(5-8(13)14)6-9(15)16;/h2-6H2,1H3,(H,10,12)(H,13,14)(H,15,16);. The molecule has 1 amide bonds. The van der Waals surface area contributed by atoms with Crippen LogP contribution in [0.15, 0.2) is 0 Å². The van der Waals surface area contributed by atoms with Gasteiger partial charge in [-0.3, -0.25) is 19.3 Å². The monoisotopic (exact) mass is 296 g/mol. The molecule has 7 nitrogen and oxygen atoms in total. The number of carbonyl (C=O) groups is 3. The minimum Gasteiger partial charge on any atom is -0.480 e. The summed E-state index contributed by atoms with van der Waals surface area (Å²) in [6.07, 6.45) is 0.767. The number of nitrogens with zero attached hydrogens (tertiary/aromatic N) is 1. The fraction of sp³-hybridized carbons (Fsp3) is 0.667. The number of hydrogen-bond donors (Lipinski definition) is 3. The second-order valence-electron chi connectivity index (χ2n) is 3.28. The second-order valence-corrected chi connectivity index (χ2v) is 3.28. The molecule has 3 N–H and O–H groups in total. The van der Waals surface area contributed by atoms with Crippen LogP contribution in [0.3, 0.4) is 0 Å². The molecule has 0 aromatic rings. The van der Waals surface area contributed by atoms with Crippen molar-refractivity contribution in [2.75, 3.05) is 26.2 Å². The van der Waals surface area contributed by atoms with Crippen LogP contribution in [0.1, 0.15) is 13.3 Å². The van der Waals surface area contributed by atoms with E-state index in [0.29, 0.717) is 6.54 Å². The Hall–Kier alpha value is -1.01. The van der Waals surface area contributed by atoms with Gasteiger partial charge in [-0.25, -0.2) is 0 Å². The fourth-order valence-electron chi connectivity index (χ4n) is 1.07. The van der Waals surface area contributed by atoms with Gasteiger partial charge in [0.05, 0.1) is 19.6 Å². The van der Waals surface area contributed by atoms with E-state index in [0.717, 1.165) is 11.3 Å². The molecule has 0 radical (unpaired) electrons. The average Bonchev–Trinajstić information content (AvgIpc) is 2.12. The van der Waals surface area contributed by atoms with E-state index in [1.165, 1.54) is 0 Å². The van der Waals surface area contributed by atoms with Crippen LogP contribution in [0, 0.1) is 0 Å². The molecule has 8 heteroatoms. The number of rotatable bonds is 8. The Morgan fingerprint density at radius 2 is 1.53 bits per heavy atom. The van der Waals surface area contributed by atoms with Crippen LogP contribution >= 0.6 is 0 Å². The van der Waals surface area contributed by atoms with Gasteiger partial charge in [0.2, 0.25) is 5.91 Å². The Balaban J connectivity index is 0. The third-order valence-corrected chi connectivity index (χ3v) is 1.66. The Bertz CT molecular complexity index is 256. The van der Waals surface area contributed by atoms with Crippen LogP contribution in [0.25, 0.3) is 0 Å². The van der Waals surface area contributed by atoms with Gasteiger partial charge >= 0.3 is 11.9 Å². The van der Waals surface area contributed by atoms with Gasteiger partial charge in [-0.2, -0.15) is 0 Å². The number of carboxylic acids is 2. The maximum Gasteiger partial charge on any atom is 0.317 e. The summed E-state index contributed by atoms with van der Waals surface area (Å²) in [5.74, 6) is -2.70. The Morgan fingerprint density at radius 1 is 1.06 bits per heavy atom. The maximum atomic E-state index is 11.2. The molecule has 0 fully saturated rings. The third-order valence-electron chi connectivity index (χ3n) is 1.66. The predicted octanol–water partition coefficient (Wildman–Crippen LogP) is -1.02. The van der Waals surface area contributed by atoms with Crippen molar-refractivity contribution in [3.63, 3.8) is 0 Å². The Labute approximate surface area is 112 Å². The molecule has 0 bridgehead atoms. The first-order valence-corrected chi connectivity index (χ1v) is 4.88. The molecule has 0 aliphatic rings. The third kappa shape index (κ3) is 11.3. The molecule has 0 saturated heterocycles. The topological polar surface area (TPSA) is 107 Å². The zero-order valence-electron chi connectivity index (χ0n) is 9.81. The van der Waals surface area contributed by atoms with E-state index in [2.05, 4.69) is 5.32 Å². The van der Waals surface area contributed by atoms with Crippen LogP contribution in [0.2, 0.25) is 0 Å². The van der Waals surface area contributed by atoms with E-state index in [4.69, 9.17) is 10.2 Å². The smallest absolute Gasteiger partial charge is 0.317 e. The minimum atomic E-state index is -1.16. The summed E-state index contributed by atoms with van der Waals surface area (Å²) >= 11 is 0. The number of nitrogens with one attached hydrogen (secondary N) is 1. The van der Waals surface area contributed by atoms with Crippen molar-refractivity contribution < 1.29 is 44.1 Å². The molecule has 0 unspecified atom stereocenters. The Morgan fingerprint density at radius 3 is 1.88 bits per heavy atom. The molecule has 0 atom stereocenters. The summed E-state index contributed by atoms with van der Waals surface area (Å²) in [5.41, 5.74) is 0. The van der Waals surface area contributed by atoms with Crippen LogP contribution in [0.4, 0.5) is 0 Å². The predicted molar refractivity (Wildman–Crippen MR) is 55.0 cm³/mol. The van der Waals surface area contributed by atoms with Gasteiger partial charge in [0.1, 0.15) is 0 Å². The molecule has 0 aliphatic heterocycles. The van der Waals surface area contributed by atoms with E-state index in [9.17, 15) is 14.4 Å². The molecular formula is C9H16N2O5Zn. The average molecular weight is 298 g/mol. The van der Waals surface area contributed by atoms with Gasteiger partial charge < -0.3 is 15.5 Å². The number of carbonyl (C=O) groups excluding carboxylic acids is 1. The van der Waals surface area contributed by atoms with Crippen LogP contribution in [0.5, 0.6) is 0 Å². The number of amides is 1. The van der Waals surface area contributed by atoms with Gasteiger partial charge in [-0.1, -0.05) is 6.92 Å². The van der Waals surface area contributed by atoms with Crippen LogP contribution in [-0.2, 0) is 33.9 Å². The largest absolute Gasteiger partial charge is 0.480 e. The van der Waals surface area contributed by atoms with Crippen molar-refractivity contribution in [3.05, 3.63) is 0 Å². The quantitative estimate of drug-likeness (QED) is 0.495. The molecule has 0 spiro atoms. The number of hydrogen-bond acceptors (Lipinski definition) is 4. The molecule has 17 heavy (non-hydrogen) atoms.